The van der Waals surface area contributed by atoms with Gasteiger partial charge in [-0.15, -0.1) is 0 Å². The van der Waals surface area contributed by atoms with E-state index in [4.69, 9.17) is 4.74 Å². The number of fused-ring (bicyclic) bond motifs is 1. The zero-order valence-electron chi connectivity index (χ0n) is 16.5. The summed E-state index contributed by atoms with van der Waals surface area (Å²) in [5.74, 6) is -3.07. The minimum Gasteiger partial charge on any atom is -0.487 e. The molecule has 1 aromatic carbocycles. The smallest absolute Gasteiger partial charge is 0.276 e. The highest BCUT2D eigenvalue weighted by Gasteiger charge is 2.41. The van der Waals surface area contributed by atoms with Crippen LogP contribution in [0.4, 0.5) is 14.5 Å². The van der Waals surface area contributed by atoms with E-state index in [9.17, 15) is 22.0 Å². The van der Waals surface area contributed by atoms with Crippen LogP contribution in [-0.2, 0) is 22.6 Å². The van der Waals surface area contributed by atoms with Crippen LogP contribution in [0.25, 0.3) is 0 Å². The van der Waals surface area contributed by atoms with E-state index in [2.05, 4.69) is 15.0 Å². The second-order valence-corrected chi connectivity index (χ2v) is 8.96. The molecule has 0 fully saturated rings. The van der Waals surface area contributed by atoms with E-state index in [1.165, 1.54) is 30.1 Å². The Morgan fingerprint density at radius 3 is 2.71 bits per heavy atom. The van der Waals surface area contributed by atoms with Gasteiger partial charge in [0.1, 0.15) is 17.0 Å². The van der Waals surface area contributed by atoms with Gasteiger partial charge in [-0.1, -0.05) is 6.07 Å². The molecule has 31 heavy (non-hydrogen) atoms. The van der Waals surface area contributed by atoms with Gasteiger partial charge in [0.25, 0.3) is 5.91 Å². The number of rotatable bonds is 3. The number of halogens is 2. The SMILES string of the molecule is Cn1cc2c(c1C(=O)Nc1ccc(F)c(F)c1)OC[C@](C)(c1ccccn1)NS2(=O)=O. The molecule has 0 unspecified atom stereocenters. The molecule has 2 aromatic heterocycles. The molecule has 0 bridgehead atoms. The number of hydrogen-bond donors (Lipinski definition) is 2. The molecule has 0 radical (unpaired) electrons. The number of carbonyl (C=O) groups excluding carboxylic acids is 1. The second-order valence-electron chi connectivity index (χ2n) is 7.31. The lowest BCUT2D eigenvalue weighted by Gasteiger charge is -2.27. The van der Waals surface area contributed by atoms with Crippen molar-refractivity contribution in [3.63, 3.8) is 0 Å². The highest BCUT2D eigenvalue weighted by atomic mass is 32.2. The largest absolute Gasteiger partial charge is 0.487 e. The molecule has 1 amide bonds. The van der Waals surface area contributed by atoms with Crippen molar-refractivity contribution in [1.29, 1.82) is 0 Å². The van der Waals surface area contributed by atoms with Gasteiger partial charge in [-0.2, -0.15) is 4.72 Å². The average molecular weight is 448 g/mol. The normalized spacial score (nSPS) is 19.7. The summed E-state index contributed by atoms with van der Waals surface area (Å²) in [7, 11) is -2.60. The van der Waals surface area contributed by atoms with E-state index in [0.717, 1.165) is 12.1 Å². The van der Waals surface area contributed by atoms with Crippen LogP contribution in [0.3, 0.4) is 0 Å². The summed E-state index contributed by atoms with van der Waals surface area (Å²) < 4.78 is 62.4. The maximum absolute atomic E-state index is 13.5. The number of hydrogen-bond acceptors (Lipinski definition) is 5. The van der Waals surface area contributed by atoms with Gasteiger partial charge < -0.3 is 14.6 Å². The van der Waals surface area contributed by atoms with Crippen molar-refractivity contribution in [3.05, 3.63) is 71.8 Å². The predicted octanol–water partition coefficient (Wildman–Crippen LogP) is 2.54. The first-order valence-corrected chi connectivity index (χ1v) is 10.6. The highest BCUT2D eigenvalue weighted by Crippen LogP contribution is 2.36. The molecule has 1 aliphatic heterocycles. The first-order valence-electron chi connectivity index (χ1n) is 9.15. The number of ether oxygens (including phenoxy) is 1. The van der Waals surface area contributed by atoms with Crippen LogP contribution in [0.1, 0.15) is 23.1 Å². The minimum absolute atomic E-state index is 0.00628. The van der Waals surface area contributed by atoms with E-state index < -0.39 is 33.1 Å². The van der Waals surface area contributed by atoms with Gasteiger partial charge in [-0.3, -0.25) is 9.78 Å². The Balaban J connectivity index is 1.72. The monoisotopic (exact) mass is 448 g/mol. The fraction of sp³-hybridized carbons (Fsp3) is 0.200. The molecule has 2 N–H and O–H groups in total. The van der Waals surface area contributed by atoms with Crippen molar-refractivity contribution >= 4 is 21.6 Å². The van der Waals surface area contributed by atoms with Crippen molar-refractivity contribution in [2.24, 2.45) is 7.05 Å². The topological polar surface area (TPSA) is 102 Å². The number of aryl methyl sites for hydroxylation is 1. The lowest BCUT2D eigenvalue weighted by molar-refractivity contribution is 0.101. The zero-order chi connectivity index (χ0) is 22.4. The minimum atomic E-state index is -4.08. The predicted molar refractivity (Wildman–Crippen MR) is 107 cm³/mol. The Kier molecular flexibility index (Phi) is 5.02. The first-order chi connectivity index (χ1) is 14.6. The van der Waals surface area contributed by atoms with Crippen molar-refractivity contribution in [3.8, 4) is 5.75 Å². The van der Waals surface area contributed by atoms with Gasteiger partial charge in [0.2, 0.25) is 10.0 Å². The number of pyridine rings is 1. The van der Waals surface area contributed by atoms with Crippen molar-refractivity contribution < 1.29 is 26.7 Å². The van der Waals surface area contributed by atoms with E-state index in [1.807, 2.05) is 0 Å². The van der Waals surface area contributed by atoms with Gasteiger partial charge in [0, 0.05) is 31.2 Å². The Morgan fingerprint density at radius 1 is 1.26 bits per heavy atom. The van der Waals surface area contributed by atoms with Crippen molar-refractivity contribution in [2.75, 3.05) is 11.9 Å². The second kappa shape index (κ2) is 7.43. The Morgan fingerprint density at radius 2 is 2.03 bits per heavy atom. The molecule has 1 atom stereocenters. The zero-order valence-corrected chi connectivity index (χ0v) is 17.3. The summed E-state index contributed by atoms with van der Waals surface area (Å²) in [4.78, 5) is 16.9. The molecule has 3 heterocycles. The third-order valence-electron chi connectivity index (χ3n) is 4.88. The third kappa shape index (κ3) is 3.77. The summed E-state index contributed by atoms with van der Waals surface area (Å²) >= 11 is 0. The standard InChI is InChI=1S/C20H18F2N4O4S/c1-20(16-5-3-4-8-23-16)11-30-18-15(31(28,29)25-20)10-26(2)17(18)19(27)24-12-6-7-13(21)14(22)9-12/h3-10,25H,11H2,1-2H3,(H,24,27)/t20-/m1/s1. The van der Waals surface area contributed by atoms with Crippen molar-refractivity contribution in [1.82, 2.24) is 14.3 Å². The fourth-order valence-electron chi connectivity index (χ4n) is 3.35. The van der Waals surface area contributed by atoms with Crippen LogP contribution in [0, 0.1) is 11.6 Å². The molecule has 0 spiro atoms. The molecule has 4 rings (SSSR count). The van der Waals surface area contributed by atoms with Crippen LogP contribution < -0.4 is 14.8 Å². The van der Waals surface area contributed by atoms with Crippen LogP contribution in [0.2, 0.25) is 0 Å². The first kappa shape index (κ1) is 20.9. The number of amides is 1. The van der Waals surface area contributed by atoms with Gasteiger partial charge in [-0.25, -0.2) is 17.2 Å². The molecule has 0 aliphatic carbocycles. The summed E-state index contributed by atoms with van der Waals surface area (Å²) in [5.41, 5.74) is -0.818. The summed E-state index contributed by atoms with van der Waals surface area (Å²) in [6, 6.07) is 7.98. The Bertz CT molecular complexity index is 1280. The molecule has 1 aliphatic rings. The quantitative estimate of drug-likeness (QED) is 0.641. The number of benzene rings is 1. The number of nitrogens with one attached hydrogen (secondary N) is 2. The van der Waals surface area contributed by atoms with Gasteiger partial charge >= 0.3 is 0 Å². The highest BCUT2D eigenvalue weighted by molar-refractivity contribution is 7.89. The molecule has 0 saturated carbocycles. The molecule has 3 aromatic rings. The molecule has 162 valence electrons. The average Bonchev–Trinajstić information content (AvgIpc) is 3.02. The number of nitrogens with zero attached hydrogens (tertiary/aromatic N) is 2. The van der Waals surface area contributed by atoms with E-state index in [0.29, 0.717) is 5.69 Å². The molecule has 0 saturated heterocycles. The number of aromatic nitrogens is 2. The molecule has 8 nitrogen and oxygen atoms in total. The van der Waals surface area contributed by atoms with E-state index in [1.54, 1.807) is 25.1 Å². The van der Waals surface area contributed by atoms with E-state index >= 15 is 0 Å². The molecule has 11 heteroatoms. The van der Waals surface area contributed by atoms with E-state index in [-0.39, 0.29) is 28.6 Å². The lowest BCUT2D eigenvalue weighted by Crippen LogP contribution is -2.46. The third-order valence-corrected chi connectivity index (χ3v) is 6.47. The van der Waals surface area contributed by atoms with Crippen LogP contribution in [0.5, 0.6) is 5.75 Å². The lowest BCUT2D eigenvalue weighted by atomic mass is 10.00. The fourth-order valence-corrected chi connectivity index (χ4v) is 4.91. The van der Waals surface area contributed by atoms with Crippen molar-refractivity contribution in [2.45, 2.75) is 17.4 Å². The molecular weight excluding hydrogens is 430 g/mol. The van der Waals surface area contributed by atoms with Crippen LogP contribution in [0.15, 0.2) is 53.7 Å². The summed E-state index contributed by atoms with van der Waals surface area (Å²) in [6.45, 7) is 1.49. The summed E-state index contributed by atoms with van der Waals surface area (Å²) in [6.07, 6.45) is 2.79. The van der Waals surface area contributed by atoms with Crippen LogP contribution in [-0.4, -0.2) is 30.5 Å². The number of anilines is 1. The number of sulfonamides is 1. The van der Waals surface area contributed by atoms with Gasteiger partial charge in [0.05, 0.1) is 5.69 Å². The van der Waals surface area contributed by atoms with Gasteiger partial charge in [0.15, 0.2) is 23.1 Å². The maximum Gasteiger partial charge on any atom is 0.276 e. The maximum atomic E-state index is 13.5. The Hall–Kier alpha value is -3.31. The molecular formula is C20H18F2N4O4S. The van der Waals surface area contributed by atoms with Crippen LogP contribution >= 0.6 is 0 Å². The summed E-state index contributed by atoms with van der Waals surface area (Å²) in [5, 5.41) is 2.43. The Labute approximate surface area is 176 Å². The number of carbonyl (C=O) groups is 1. The van der Waals surface area contributed by atoms with Gasteiger partial charge in [-0.05, 0) is 31.2 Å².